The number of hydrogen-bond donors (Lipinski definition) is 0. The standard InChI is InChI=1S/C15H15N5OS/c1-10-18-13(15-20(10)6-7-22-15)11-2-5-19(9-11)14(21)12-8-16-3-4-17-12/h3-4,6-8,11H,2,5,9H2,1H3/t11-/m1/s1. The van der Waals surface area contributed by atoms with Crippen LogP contribution in [0.15, 0.2) is 30.2 Å². The molecule has 0 N–H and O–H groups in total. The Labute approximate surface area is 131 Å². The first kappa shape index (κ1) is 13.4. The fourth-order valence-electron chi connectivity index (χ4n) is 3.00. The van der Waals surface area contributed by atoms with E-state index in [9.17, 15) is 4.79 Å². The minimum Gasteiger partial charge on any atom is -0.337 e. The Kier molecular flexibility index (Phi) is 3.15. The normalized spacial score (nSPS) is 18.2. The molecule has 0 aliphatic carbocycles. The Balaban J connectivity index is 1.58. The number of carbonyl (C=O) groups excluding carboxylic acids is 1. The molecule has 4 rings (SSSR count). The smallest absolute Gasteiger partial charge is 0.274 e. The van der Waals surface area contributed by atoms with Gasteiger partial charge in [0.2, 0.25) is 0 Å². The van der Waals surface area contributed by atoms with Crippen molar-refractivity contribution in [2.45, 2.75) is 19.3 Å². The van der Waals surface area contributed by atoms with Crippen LogP contribution in [-0.4, -0.2) is 43.2 Å². The number of likely N-dealkylation sites (tertiary alicyclic amines) is 1. The van der Waals surface area contributed by atoms with E-state index in [0.717, 1.165) is 24.5 Å². The lowest BCUT2D eigenvalue weighted by atomic mass is 10.1. The van der Waals surface area contributed by atoms with Crippen molar-refractivity contribution in [2.24, 2.45) is 0 Å². The van der Waals surface area contributed by atoms with Crippen LogP contribution < -0.4 is 0 Å². The van der Waals surface area contributed by atoms with Gasteiger partial charge in [-0.3, -0.25) is 14.2 Å². The molecule has 1 aliphatic heterocycles. The van der Waals surface area contributed by atoms with E-state index in [1.807, 2.05) is 18.0 Å². The fourth-order valence-corrected chi connectivity index (χ4v) is 3.95. The molecule has 1 amide bonds. The topological polar surface area (TPSA) is 63.4 Å². The zero-order valence-corrected chi connectivity index (χ0v) is 13.0. The number of amides is 1. The molecule has 0 radical (unpaired) electrons. The van der Waals surface area contributed by atoms with E-state index in [1.165, 1.54) is 11.0 Å². The Morgan fingerprint density at radius 3 is 3.14 bits per heavy atom. The monoisotopic (exact) mass is 313 g/mol. The summed E-state index contributed by atoms with van der Waals surface area (Å²) in [6.07, 6.45) is 7.63. The third-order valence-electron chi connectivity index (χ3n) is 4.10. The van der Waals surface area contributed by atoms with Crippen molar-refractivity contribution in [3.63, 3.8) is 0 Å². The predicted octanol–water partition coefficient (Wildman–Crippen LogP) is 2.12. The van der Waals surface area contributed by atoms with Crippen LogP contribution in [0.3, 0.4) is 0 Å². The minimum atomic E-state index is -0.0473. The number of fused-ring (bicyclic) bond motifs is 1. The second-order valence-corrected chi connectivity index (χ2v) is 6.34. The van der Waals surface area contributed by atoms with Gasteiger partial charge >= 0.3 is 0 Å². The van der Waals surface area contributed by atoms with Crippen LogP contribution in [-0.2, 0) is 0 Å². The molecular weight excluding hydrogens is 298 g/mol. The van der Waals surface area contributed by atoms with Crippen molar-refractivity contribution in [2.75, 3.05) is 13.1 Å². The summed E-state index contributed by atoms with van der Waals surface area (Å²) in [5.74, 6) is 1.25. The van der Waals surface area contributed by atoms with Crippen LogP contribution >= 0.6 is 11.3 Å². The van der Waals surface area contributed by atoms with Crippen molar-refractivity contribution >= 4 is 22.1 Å². The molecule has 1 atom stereocenters. The highest BCUT2D eigenvalue weighted by molar-refractivity contribution is 7.15. The molecule has 1 fully saturated rings. The minimum absolute atomic E-state index is 0.0473. The molecular formula is C15H15N5OS. The number of rotatable bonds is 2. The van der Waals surface area contributed by atoms with Gasteiger partial charge in [0, 0.05) is 43.0 Å². The first-order valence-electron chi connectivity index (χ1n) is 7.21. The molecule has 22 heavy (non-hydrogen) atoms. The van der Waals surface area contributed by atoms with Crippen molar-refractivity contribution in [1.29, 1.82) is 0 Å². The van der Waals surface area contributed by atoms with Gasteiger partial charge in [0.05, 0.1) is 11.9 Å². The fraction of sp³-hybridized carbons (Fsp3) is 0.333. The zero-order valence-electron chi connectivity index (χ0n) is 12.1. The molecule has 7 heteroatoms. The maximum absolute atomic E-state index is 12.4. The van der Waals surface area contributed by atoms with Crippen molar-refractivity contribution in [3.05, 3.63) is 47.4 Å². The summed E-state index contributed by atoms with van der Waals surface area (Å²) >= 11 is 1.70. The molecule has 3 aromatic rings. The second kappa shape index (κ2) is 5.17. The van der Waals surface area contributed by atoms with Gasteiger partial charge in [0.1, 0.15) is 16.3 Å². The van der Waals surface area contributed by atoms with Gasteiger partial charge in [-0.25, -0.2) is 9.97 Å². The second-order valence-electron chi connectivity index (χ2n) is 5.45. The Bertz CT molecular complexity index is 825. The Morgan fingerprint density at radius 2 is 2.32 bits per heavy atom. The van der Waals surface area contributed by atoms with E-state index in [4.69, 9.17) is 4.98 Å². The highest BCUT2D eigenvalue weighted by Crippen LogP contribution is 2.32. The molecule has 112 valence electrons. The van der Waals surface area contributed by atoms with Crippen molar-refractivity contribution < 1.29 is 4.79 Å². The van der Waals surface area contributed by atoms with Gasteiger partial charge in [-0.1, -0.05) is 0 Å². The molecule has 0 unspecified atom stereocenters. The Hall–Kier alpha value is -2.28. The van der Waals surface area contributed by atoms with E-state index in [1.54, 1.807) is 23.7 Å². The van der Waals surface area contributed by atoms with E-state index < -0.39 is 0 Å². The van der Waals surface area contributed by atoms with E-state index in [0.29, 0.717) is 18.2 Å². The van der Waals surface area contributed by atoms with Gasteiger partial charge in [0.25, 0.3) is 5.91 Å². The number of hydrogen-bond acceptors (Lipinski definition) is 5. The molecule has 0 aromatic carbocycles. The van der Waals surface area contributed by atoms with Gasteiger partial charge in [0.15, 0.2) is 0 Å². The summed E-state index contributed by atoms with van der Waals surface area (Å²) in [6.45, 7) is 3.45. The Morgan fingerprint density at radius 1 is 1.41 bits per heavy atom. The molecule has 1 aliphatic rings. The number of aryl methyl sites for hydroxylation is 1. The van der Waals surface area contributed by atoms with Crippen LogP contribution in [0.2, 0.25) is 0 Å². The molecule has 0 spiro atoms. The largest absolute Gasteiger partial charge is 0.337 e. The van der Waals surface area contributed by atoms with Crippen LogP contribution in [0, 0.1) is 6.92 Å². The molecule has 0 saturated carbocycles. The predicted molar refractivity (Wildman–Crippen MR) is 83.1 cm³/mol. The average Bonchev–Trinajstić information content (AvgIpc) is 3.25. The van der Waals surface area contributed by atoms with Crippen LogP contribution in [0.25, 0.3) is 4.83 Å². The average molecular weight is 313 g/mol. The first-order chi connectivity index (χ1) is 10.7. The van der Waals surface area contributed by atoms with Gasteiger partial charge in [-0.05, 0) is 13.3 Å². The van der Waals surface area contributed by atoms with E-state index in [2.05, 4.69) is 19.7 Å². The summed E-state index contributed by atoms with van der Waals surface area (Å²) in [7, 11) is 0. The highest BCUT2D eigenvalue weighted by Gasteiger charge is 2.31. The summed E-state index contributed by atoms with van der Waals surface area (Å²) in [6, 6.07) is 0. The highest BCUT2D eigenvalue weighted by atomic mass is 32.1. The van der Waals surface area contributed by atoms with Gasteiger partial charge < -0.3 is 4.90 Å². The molecule has 6 nitrogen and oxygen atoms in total. The van der Waals surface area contributed by atoms with Crippen LogP contribution in [0.1, 0.15) is 34.3 Å². The van der Waals surface area contributed by atoms with Crippen molar-refractivity contribution in [3.8, 4) is 0 Å². The number of nitrogens with zero attached hydrogens (tertiary/aromatic N) is 5. The summed E-state index contributed by atoms with van der Waals surface area (Å²) in [4.78, 5) is 28.3. The van der Waals surface area contributed by atoms with E-state index in [-0.39, 0.29) is 5.91 Å². The van der Waals surface area contributed by atoms with Gasteiger partial charge in [-0.2, -0.15) is 0 Å². The number of thiazole rings is 1. The molecule has 4 heterocycles. The lowest BCUT2D eigenvalue weighted by Gasteiger charge is -2.15. The number of aromatic nitrogens is 4. The number of imidazole rings is 1. The summed E-state index contributed by atoms with van der Waals surface area (Å²) < 4.78 is 2.12. The molecule has 1 saturated heterocycles. The third kappa shape index (κ3) is 2.09. The maximum Gasteiger partial charge on any atom is 0.274 e. The lowest BCUT2D eigenvalue weighted by Crippen LogP contribution is -2.29. The third-order valence-corrected chi connectivity index (χ3v) is 4.99. The molecule has 3 aromatic heterocycles. The van der Waals surface area contributed by atoms with Crippen molar-refractivity contribution in [1.82, 2.24) is 24.3 Å². The zero-order chi connectivity index (χ0) is 15.1. The number of carbonyl (C=O) groups is 1. The first-order valence-corrected chi connectivity index (χ1v) is 8.09. The van der Waals surface area contributed by atoms with E-state index >= 15 is 0 Å². The molecule has 0 bridgehead atoms. The summed E-state index contributed by atoms with van der Waals surface area (Å²) in [5, 5.41) is 2.07. The quantitative estimate of drug-likeness (QED) is 0.727. The van der Waals surface area contributed by atoms with Crippen LogP contribution in [0.5, 0.6) is 0 Å². The van der Waals surface area contributed by atoms with Crippen LogP contribution in [0.4, 0.5) is 0 Å². The lowest BCUT2D eigenvalue weighted by molar-refractivity contribution is 0.0784. The van der Waals surface area contributed by atoms with Gasteiger partial charge in [-0.15, -0.1) is 11.3 Å². The summed E-state index contributed by atoms with van der Waals surface area (Å²) in [5.41, 5.74) is 1.52. The SMILES string of the molecule is Cc1nc([C@@H]2CCN(C(=O)c3cnccn3)C2)c2sccn12. The maximum atomic E-state index is 12.4.